The van der Waals surface area contributed by atoms with Crippen LogP contribution in [0.5, 0.6) is 0 Å². The number of esters is 1. The summed E-state index contributed by atoms with van der Waals surface area (Å²) in [6.07, 6.45) is -4.03. The molecule has 0 aliphatic rings. The lowest BCUT2D eigenvalue weighted by molar-refractivity contribution is -0.145. The van der Waals surface area contributed by atoms with Gasteiger partial charge in [0, 0.05) is 19.4 Å². The smallest absolute Gasteiger partial charge is 0.416 e. The highest BCUT2D eigenvalue weighted by Gasteiger charge is 2.31. The summed E-state index contributed by atoms with van der Waals surface area (Å²) in [5.74, 6) is -1.12. The van der Waals surface area contributed by atoms with Gasteiger partial charge in [-0.3, -0.25) is 4.79 Å². The van der Waals surface area contributed by atoms with E-state index in [0.717, 1.165) is 24.8 Å². The molecule has 0 aliphatic heterocycles. The molecule has 0 spiro atoms. The maximum absolute atomic E-state index is 12.9. The molecule has 0 unspecified atom stereocenters. The summed E-state index contributed by atoms with van der Waals surface area (Å²) < 4.78 is 48.8. The minimum atomic E-state index is -4.49. The standard InChI is InChI=1S/C22H24F3NO4/c1-29-21(28)19(14-17-9-5-10-18(13-17)22(23,24)25)26-20(27)11-6-12-30-15-16-7-3-2-4-8-16/h2-5,7-10,13,19H,6,11-12,14-15H2,1H3,(H,26,27)/t19-/m1/s1. The number of halogens is 3. The zero-order chi connectivity index (χ0) is 22.0. The Bertz CT molecular complexity index is 825. The molecule has 0 bridgehead atoms. The summed E-state index contributed by atoms with van der Waals surface area (Å²) in [4.78, 5) is 24.2. The number of methoxy groups -OCH3 is 1. The van der Waals surface area contributed by atoms with Crippen LogP contribution in [0.2, 0.25) is 0 Å². The van der Waals surface area contributed by atoms with Crippen LogP contribution < -0.4 is 5.32 Å². The Balaban J connectivity index is 1.84. The SMILES string of the molecule is COC(=O)[C@@H](Cc1cccc(C(F)(F)F)c1)NC(=O)CCCOCc1ccccc1. The van der Waals surface area contributed by atoms with Crippen LogP contribution in [-0.4, -0.2) is 31.6 Å². The van der Waals surface area contributed by atoms with E-state index in [2.05, 4.69) is 10.1 Å². The van der Waals surface area contributed by atoms with E-state index >= 15 is 0 Å². The number of amides is 1. The predicted molar refractivity (Wildman–Crippen MR) is 104 cm³/mol. The van der Waals surface area contributed by atoms with Crippen LogP contribution >= 0.6 is 0 Å². The van der Waals surface area contributed by atoms with Crippen molar-refractivity contribution in [1.29, 1.82) is 0 Å². The maximum Gasteiger partial charge on any atom is 0.416 e. The molecule has 0 aliphatic carbocycles. The van der Waals surface area contributed by atoms with E-state index in [4.69, 9.17) is 4.74 Å². The average Bonchev–Trinajstić information content (AvgIpc) is 2.73. The molecule has 2 rings (SSSR count). The van der Waals surface area contributed by atoms with Crippen LogP contribution in [0.4, 0.5) is 13.2 Å². The Morgan fingerprint density at radius 1 is 1.03 bits per heavy atom. The van der Waals surface area contributed by atoms with Crippen molar-refractivity contribution in [2.45, 2.75) is 38.1 Å². The molecule has 0 aromatic heterocycles. The third-order valence-electron chi connectivity index (χ3n) is 4.32. The molecule has 0 heterocycles. The molecule has 30 heavy (non-hydrogen) atoms. The van der Waals surface area contributed by atoms with Crippen LogP contribution in [0.15, 0.2) is 54.6 Å². The second-order valence-electron chi connectivity index (χ2n) is 6.69. The molecule has 8 heteroatoms. The molecule has 0 saturated heterocycles. The molecule has 1 N–H and O–H groups in total. The Hall–Kier alpha value is -2.87. The molecule has 0 fully saturated rings. The second-order valence-corrected chi connectivity index (χ2v) is 6.69. The van der Waals surface area contributed by atoms with Crippen molar-refractivity contribution in [3.05, 3.63) is 71.3 Å². The predicted octanol–water partition coefficient (Wildman–Crippen LogP) is 3.90. The van der Waals surface area contributed by atoms with Crippen molar-refractivity contribution in [2.75, 3.05) is 13.7 Å². The maximum atomic E-state index is 12.9. The summed E-state index contributed by atoms with van der Waals surface area (Å²) in [6.45, 7) is 0.793. The Labute approximate surface area is 173 Å². The van der Waals surface area contributed by atoms with Crippen molar-refractivity contribution in [3.63, 3.8) is 0 Å². The van der Waals surface area contributed by atoms with Crippen LogP contribution in [-0.2, 0) is 38.3 Å². The Kier molecular flexibility index (Phi) is 8.86. The first-order chi connectivity index (χ1) is 14.3. The van der Waals surface area contributed by atoms with Gasteiger partial charge in [-0.25, -0.2) is 4.79 Å². The number of alkyl halides is 3. The number of hydrogen-bond acceptors (Lipinski definition) is 4. The topological polar surface area (TPSA) is 64.6 Å². The van der Waals surface area contributed by atoms with E-state index in [1.165, 1.54) is 12.1 Å². The van der Waals surface area contributed by atoms with Gasteiger partial charge in [0.05, 0.1) is 19.3 Å². The molecule has 0 radical (unpaired) electrons. The largest absolute Gasteiger partial charge is 0.467 e. The van der Waals surface area contributed by atoms with Gasteiger partial charge < -0.3 is 14.8 Å². The summed E-state index contributed by atoms with van der Waals surface area (Å²) >= 11 is 0. The van der Waals surface area contributed by atoms with Gasteiger partial charge in [0.15, 0.2) is 0 Å². The van der Waals surface area contributed by atoms with Crippen LogP contribution in [0.3, 0.4) is 0 Å². The zero-order valence-electron chi connectivity index (χ0n) is 16.6. The van der Waals surface area contributed by atoms with E-state index in [1.807, 2.05) is 30.3 Å². The minimum Gasteiger partial charge on any atom is -0.467 e. The molecule has 1 atom stereocenters. The third-order valence-corrected chi connectivity index (χ3v) is 4.32. The molecular formula is C22H24F3NO4. The number of ether oxygens (including phenoxy) is 2. The Morgan fingerprint density at radius 3 is 2.40 bits per heavy atom. The second kappa shape index (κ2) is 11.3. The lowest BCUT2D eigenvalue weighted by atomic mass is 10.0. The number of carbonyl (C=O) groups excluding carboxylic acids is 2. The van der Waals surface area contributed by atoms with Crippen molar-refractivity contribution in [3.8, 4) is 0 Å². The summed E-state index contributed by atoms with van der Waals surface area (Å²) in [5.41, 5.74) is 0.478. The van der Waals surface area contributed by atoms with E-state index in [9.17, 15) is 22.8 Å². The van der Waals surface area contributed by atoms with Gasteiger partial charge in [0.2, 0.25) is 5.91 Å². The molecule has 2 aromatic rings. The average molecular weight is 423 g/mol. The zero-order valence-corrected chi connectivity index (χ0v) is 16.6. The normalized spacial score (nSPS) is 12.3. The molecule has 0 saturated carbocycles. The lowest BCUT2D eigenvalue weighted by Crippen LogP contribution is -2.43. The number of rotatable bonds is 10. The lowest BCUT2D eigenvalue weighted by Gasteiger charge is -2.17. The number of carbonyl (C=O) groups is 2. The van der Waals surface area contributed by atoms with Crippen molar-refractivity contribution in [1.82, 2.24) is 5.32 Å². The van der Waals surface area contributed by atoms with Crippen molar-refractivity contribution < 1.29 is 32.2 Å². The van der Waals surface area contributed by atoms with Crippen LogP contribution in [0.25, 0.3) is 0 Å². The number of nitrogens with one attached hydrogen (secondary N) is 1. The Morgan fingerprint density at radius 2 is 1.73 bits per heavy atom. The quantitative estimate of drug-likeness (QED) is 0.465. The van der Waals surface area contributed by atoms with Gasteiger partial charge in [0.1, 0.15) is 6.04 Å². The fourth-order valence-electron chi connectivity index (χ4n) is 2.81. The first kappa shape index (κ1) is 23.4. The number of benzene rings is 2. The fourth-order valence-corrected chi connectivity index (χ4v) is 2.81. The third kappa shape index (κ3) is 7.87. The van der Waals surface area contributed by atoms with E-state index in [-0.39, 0.29) is 18.4 Å². The van der Waals surface area contributed by atoms with E-state index in [1.54, 1.807) is 0 Å². The first-order valence-corrected chi connectivity index (χ1v) is 9.44. The molecule has 5 nitrogen and oxygen atoms in total. The van der Waals surface area contributed by atoms with Gasteiger partial charge in [-0.1, -0.05) is 48.5 Å². The van der Waals surface area contributed by atoms with E-state index in [0.29, 0.717) is 19.6 Å². The van der Waals surface area contributed by atoms with Crippen LogP contribution in [0, 0.1) is 0 Å². The van der Waals surface area contributed by atoms with Gasteiger partial charge in [-0.05, 0) is 23.6 Å². The summed E-state index contributed by atoms with van der Waals surface area (Å²) in [7, 11) is 1.16. The summed E-state index contributed by atoms with van der Waals surface area (Å²) in [5, 5.41) is 2.53. The van der Waals surface area contributed by atoms with E-state index < -0.39 is 29.7 Å². The van der Waals surface area contributed by atoms with Gasteiger partial charge in [-0.2, -0.15) is 13.2 Å². The molecule has 162 valence electrons. The highest BCUT2D eigenvalue weighted by molar-refractivity contribution is 5.84. The highest BCUT2D eigenvalue weighted by Crippen LogP contribution is 2.29. The van der Waals surface area contributed by atoms with Gasteiger partial charge in [-0.15, -0.1) is 0 Å². The van der Waals surface area contributed by atoms with Crippen molar-refractivity contribution in [2.24, 2.45) is 0 Å². The van der Waals surface area contributed by atoms with Crippen molar-refractivity contribution >= 4 is 11.9 Å². The van der Waals surface area contributed by atoms with Crippen LogP contribution in [0.1, 0.15) is 29.5 Å². The number of hydrogen-bond donors (Lipinski definition) is 1. The molecular weight excluding hydrogens is 399 g/mol. The highest BCUT2D eigenvalue weighted by atomic mass is 19.4. The monoisotopic (exact) mass is 423 g/mol. The first-order valence-electron chi connectivity index (χ1n) is 9.44. The molecule has 2 aromatic carbocycles. The van der Waals surface area contributed by atoms with Gasteiger partial charge in [0.25, 0.3) is 0 Å². The minimum absolute atomic E-state index is 0.104. The van der Waals surface area contributed by atoms with Gasteiger partial charge >= 0.3 is 12.1 Å². The summed E-state index contributed by atoms with van der Waals surface area (Å²) in [6, 6.07) is 13.1. The fraction of sp³-hybridized carbons (Fsp3) is 0.364. The molecule has 1 amide bonds.